The normalized spacial score (nSPS) is 10.1. The van der Waals surface area contributed by atoms with Crippen molar-refractivity contribution < 1.29 is 24.5 Å². The Morgan fingerprint density at radius 2 is 1.70 bits per heavy atom. The summed E-state index contributed by atoms with van der Waals surface area (Å²) in [6.07, 6.45) is 0. The minimum absolute atomic E-state index is 0.000185. The fourth-order valence-corrected chi connectivity index (χ4v) is 1.84. The molecule has 0 aliphatic heterocycles. The molecule has 0 aliphatic carbocycles. The van der Waals surface area contributed by atoms with Crippen molar-refractivity contribution in [3.8, 4) is 11.5 Å². The quantitative estimate of drug-likeness (QED) is 0.834. The number of aromatic hydroxyl groups is 1. The van der Waals surface area contributed by atoms with Gasteiger partial charge >= 0.3 is 5.97 Å². The number of aromatic carboxylic acids is 1. The maximum atomic E-state index is 12.3. The number of ketones is 1. The van der Waals surface area contributed by atoms with E-state index in [1.165, 1.54) is 37.4 Å². The number of phenolic OH excluding ortho intramolecular Hbond substituents is 1. The third-order valence-electron chi connectivity index (χ3n) is 2.85. The predicted molar refractivity (Wildman–Crippen MR) is 71.5 cm³/mol. The lowest BCUT2D eigenvalue weighted by molar-refractivity contribution is 0.0692. The topological polar surface area (TPSA) is 83.8 Å². The number of rotatable bonds is 4. The van der Waals surface area contributed by atoms with E-state index in [1.54, 1.807) is 12.1 Å². The van der Waals surface area contributed by atoms with Crippen LogP contribution in [0.4, 0.5) is 0 Å². The Morgan fingerprint density at radius 1 is 1.00 bits per heavy atom. The van der Waals surface area contributed by atoms with Crippen molar-refractivity contribution >= 4 is 11.8 Å². The minimum Gasteiger partial charge on any atom is -0.507 e. The average Bonchev–Trinajstić information content (AvgIpc) is 2.46. The van der Waals surface area contributed by atoms with E-state index in [0.29, 0.717) is 5.75 Å². The second-order valence-electron chi connectivity index (χ2n) is 4.06. The Hall–Kier alpha value is -2.82. The molecule has 5 nitrogen and oxygen atoms in total. The van der Waals surface area contributed by atoms with Crippen LogP contribution in [0.2, 0.25) is 0 Å². The second-order valence-corrected chi connectivity index (χ2v) is 4.06. The van der Waals surface area contributed by atoms with E-state index in [2.05, 4.69) is 0 Å². The Bertz CT molecular complexity index is 676. The highest BCUT2D eigenvalue weighted by Crippen LogP contribution is 2.24. The monoisotopic (exact) mass is 272 g/mol. The molecule has 20 heavy (non-hydrogen) atoms. The number of hydrogen-bond donors (Lipinski definition) is 2. The first-order valence-corrected chi connectivity index (χ1v) is 5.78. The van der Waals surface area contributed by atoms with Gasteiger partial charge in [-0.15, -0.1) is 0 Å². The number of carboxylic acid groups (broad SMARTS) is 1. The SMILES string of the molecule is COc1ccc(C(=O)c2ccccc2O)c(C(=O)O)c1. The highest BCUT2D eigenvalue weighted by molar-refractivity contribution is 6.15. The molecule has 2 N–H and O–H groups in total. The Kier molecular flexibility index (Phi) is 3.70. The van der Waals surface area contributed by atoms with Crippen molar-refractivity contribution in [2.45, 2.75) is 0 Å². The van der Waals surface area contributed by atoms with Gasteiger partial charge in [-0.1, -0.05) is 12.1 Å². The maximum absolute atomic E-state index is 12.3. The van der Waals surface area contributed by atoms with E-state index in [0.717, 1.165) is 0 Å². The van der Waals surface area contributed by atoms with Crippen molar-refractivity contribution in [3.05, 3.63) is 59.2 Å². The van der Waals surface area contributed by atoms with Crippen LogP contribution in [0.5, 0.6) is 11.5 Å². The predicted octanol–water partition coefficient (Wildman–Crippen LogP) is 2.33. The largest absolute Gasteiger partial charge is 0.507 e. The zero-order valence-corrected chi connectivity index (χ0v) is 10.7. The second kappa shape index (κ2) is 5.44. The van der Waals surface area contributed by atoms with E-state index in [9.17, 15) is 19.8 Å². The van der Waals surface area contributed by atoms with Gasteiger partial charge in [0.15, 0.2) is 5.78 Å². The lowest BCUT2D eigenvalue weighted by Gasteiger charge is -2.08. The van der Waals surface area contributed by atoms with Crippen LogP contribution < -0.4 is 4.74 Å². The van der Waals surface area contributed by atoms with E-state index < -0.39 is 11.8 Å². The summed E-state index contributed by atoms with van der Waals surface area (Å²) in [7, 11) is 1.41. The summed E-state index contributed by atoms with van der Waals surface area (Å²) in [6, 6.07) is 10.1. The zero-order chi connectivity index (χ0) is 14.7. The van der Waals surface area contributed by atoms with Gasteiger partial charge in [-0.3, -0.25) is 4.79 Å². The molecular formula is C15H12O5. The molecule has 0 unspecified atom stereocenters. The number of phenols is 1. The van der Waals surface area contributed by atoms with Gasteiger partial charge in [-0.05, 0) is 30.3 Å². The van der Waals surface area contributed by atoms with Gasteiger partial charge in [0.2, 0.25) is 0 Å². The van der Waals surface area contributed by atoms with E-state index >= 15 is 0 Å². The van der Waals surface area contributed by atoms with Crippen LogP contribution in [0, 0.1) is 0 Å². The lowest BCUT2D eigenvalue weighted by Crippen LogP contribution is -2.10. The van der Waals surface area contributed by atoms with Gasteiger partial charge in [0.25, 0.3) is 0 Å². The molecule has 0 fully saturated rings. The number of para-hydroxylation sites is 1. The van der Waals surface area contributed by atoms with Gasteiger partial charge in [0.1, 0.15) is 11.5 Å². The summed E-state index contributed by atoms with van der Waals surface area (Å²) in [5.74, 6) is -1.63. The first-order valence-electron chi connectivity index (χ1n) is 5.78. The number of ether oxygens (including phenoxy) is 1. The first kappa shape index (κ1) is 13.6. The number of carbonyl (C=O) groups excluding carboxylic acids is 1. The van der Waals surface area contributed by atoms with Crippen LogP contribution in [-0.2, 0) is 0 Å². The third kappa shape index (κ3) is 2.47. The summed E-state index contributed by atoms with van der Waals surface area (Å²) in [5.41, 5.74) is -0.113. The van der Waals surface area contributed by atoms with E-state index in [4.69, 9.17) is 4.74 Å². The van der Waals surface area contributed by atoms with Crippen LogP contribution in [0.1, 0.15) is 26.3 Å². The Labute approximate surface area is 115 Å². The molecule has 0 atom stereocenters. The molecule has 0 heterocycles. The first-order chi connectivity index (χ1) is 9.54. The number of carboxylic acids is 1. The van der Waals surface area contributed by atoms with Crippen molar-refractivity contribution in [2.24, 2.45) is 0 Å². The molecule has 0 radical (unpaired) electrons. The maximum Gasteiger partial charge on any atom is 0.336 e. The van der Waals surface area contributed by atoms with Crippen molar-refractivity contribution in [1.29, 1.82) is 0 Å². The van der Waals surface area contributed by atoms with Crippen molar-refractivity contribution in [2.75, 3.05) is 7.11 Å². The smallest absolute Gasteiger partial charge is 0.336 e. The van der Waals surface area contributed by atoms with E-state index in [1.807, 2.05) is 0 Å². The fraction of sp³-hybridized carbons (Fsp3) is 0.0667. The molecular weight excluding hydrogens is 260 g/mol. The van der Waals surface area contributed by atoms with Crippen LogP contribution in [0.25, 0.3) is 0 Å². The summed E-state index contributed by atoms with van der Waals surface area (Å²) in [6.45, 7) is 0. The highest BCUT2D eigenvalue weighted by Gasteiger charge is 2.20. The number of benzene rings is 2. The van der Waals surface area contributed by atoms with Gasteiger partial charge in [0.05, 0.1) is 18.2 Å². The molecule has 5 heteroatoms. The molecule has 0 bridgehead atoms. The summed E-state index contributed by atoms with van der Waals surface area (Å²) >= 11 is 0. The highest BCUT2D eigenvalue weighted by atomic mass is 16.5. The molecule has 2 rings (SSSR count). The minimum atomic E-state index is -1.23. The number of carbonyl (C=O) groups is 2. The molecule has 0 aromatic heterocycles. The summed E-state index contributed by atoms with van der Waals surface area (Å²) < 4.78 is 4.95. The molecule has 0 aliphatic rings. The molecule has 2 aromatic carbocycles. The fourth-order valence-electron chi connectivity index (χ4n) is 1.84. The summed E-state index contributed by atoms with van der Waals surface area (Å²) in [5, 5.41) is 18.9. The number of hydrogen-bond acceptors (Lipinski definition) is 4. The van der Waals surface area contributed by atoms with Crippen LogP contribution in [0.15, 0.2) is 42.5 Å². The standard InChI is InChI=1S/C15H12O5/c1-20-9-6-7-10(12(8-9)15(18)19)14(17)11-4-2-3-5-13(11)16/h2-8,16H,1H3,(H,18,19). The molecule has 0 amide bonds. The molecule has 102 valence electrons. The van der Waals surface area contributed by atoms with E-state index in [-0.39, 0.29) is 22.4 Å². The molecule has 0 saturated heterocycles. The van der Waals surface area contributed by atoms with Crippen molar-refractivity contribution in [1.82, 2.24) is 0 Å². The zero-order valence-electron chi connectivity index (χ0n) is 10.7. The summed E-state index contributed by atoms with van der Waals surface area (Å²) in [4.78, 5) is 23.6. The Morgan fingerprint density at radius 3 is 2.30 bits per heavy atom. The van der Waals surface area contributed by atoms with Gasteiger partial charge in [-0.2, -0.15) is 0 Å². The molecule has 0 spiro atoms. The van der Waals surface area contributed by atoms with Gasteiger partial charge in [-0.25, -0.2) is 4.79 Å². The Balaban J connectivity index is 2.55. The van der Waals surface area contributed by atoms with Crippen LogP contribution >= 0.6 is 0 Å². The lowest BCUT2D eigenvalue weighted by atomic mass is 9.97. The molecule has 0 saturated carbocycles. The van der Waals surface area contributed by atoms with Crippen LogP contribution in [0.3, 0.4) is 0 Å². The van der Waals surface area contributed by atoms with Gasteiger partial charge in [0, 0.05) is 5.56 Å². The average molecular weight is 272 g/mol. The van der Waals surface area contributed by atoms with Gasteiger partial charge < -0.3 is 14.9 Å². The number of methoxy groups -OCH3 is 1. The van der Waals surface area contributed by atoms with Crippen LogP contribution in [-0.4, -0.2) is 29.1 Å². The van der Waals surface area contributed by atoms with Crippen molar-refractivity contribution in [3.63, 3.8) is 0 Å². The molecule has 2 aromatic rings. The third-order valence-corrected chi connectivity index (χ3v) is 2.85.